The summed E-state index contributed by atoms with van der Waals surface area (Å²) in [6, 6.07) is 16.2. The first kappa shape index (κ1) is 20.0. The average molecular weight is 420 g/mol. The molecule has 4 nitrogen and oxygen atoms in total. The Morgan fingerprint density at radius 2 is 1.75 bits per heavy atom. The van der Waals surface area contributed by atoms with Crippen molar-refractivity contribution in [2.75, 3.05) is 5.32 Å². The third kappa shape index (κ3) is 4.94. The highest BCUT2D eigenvalue weighted by molar-refractivity contribution is 6.37. The minimum Gasteiger partial charge on any atom is -0.486 e. The van der Waals surface area contributed by atoms with Gasteiger partial charge in [-0.1, -0.05) is 47.5 Å². The highest BCUT2D eigenvalue weighted by Crippen LogP contribution is 2.35. The maximum atomic E-state index is 13.7. The Balaban J connectivity index is 1.68. The van der Waals surface area contributed by atoms with Gasteiger partial charge in [0.2, 0.25) is 0 Å². The molecule has 0 heterocycles. The minimum absolute atomic E-state index is 0.00565. The van der Waals surface area contributed by atoms with Crippen LogP contribution in [-0.4, -0.2) is 11.1 Å². The number of hydrogen-bond donors (Lipinski definition) is 2. The van der Waals surface area contributed by atoms with Crippen LogP contribution in [0.4, 0.5) is 10.1 Å². The van der Waals surface area contributed by atoms with E-state index in [4.69, 9.17) is 33.0 Å². The molecule has 0 saturated carbocycles. The first-order chi connectivity index (χ1) is 13.4. The highest BCUT2D eigenvalue weighted by Gasteiger charge is 2.12. The molecule has 3 aromatic carbocycles. The molecule has 2 N–H and O–H groups in total. The normalized spacial score (nSPS) is 10.5. The molecule has 0 atom stereocenters. The fraction of sp³-hybridized carbons (Fsp3) is 0.0952. The van der Waals surface area contributed by atoms with Crippen LogP contribution in [0.2, 0.25) is 10.0 Å². The number of benzene rings is 3. The molecule has 0 bridgehead atoms. The second kappa shape index (κ2) is 8.95. The number of aromatic carboxylic acids is 1. The average Bonchev–Trinajstić information content (AvgIpc) is 2.67. The number of carboxylic acids is 1. The highest BCUT2D eigenvalue weighted by atomic mass is 35.5. The van der Waals surface area contributed by atoms with E-state index in [9.17, 15) is 9.18 Å². The monoisotopic (exact) mass is 419 g/mol. The zero-order valence-electron chi connectivity index (χ0n) is 14.6. The first-order valence-corrected chi connectivity index (χ1v) is 9.11. The minimum atomic E-state index is -0.994. The second-order valence-corrected chi connectivity index (χ2v) is 6.82. The van der Waals surface area contributed by atoms with Gasteiger partial charge in [0, 0.05) is 17.8 Å². The lowest BCUT2D eigenvalue weighted by molar-refractivity contribution is 0.0697. The Bertz CT molecular complexity index is 987. The van der Waals surface area contributed by atoms with Crippen molar-refractivity contribution in [2.24, 2.45) is 0 Å². The standard InChI is InChI=1S/C21H16Cl2FNO3/c22-17-8-13(11-25-16-6-3-5-14(10-16)21(26)27)9-18(23)20(17)28-12-15-4-1-2-7-19(15)24/h1-10,25H,11-12H2,(H,26,27). The molecular formula is C21H16Cl2FNO3. The molecule has 3 aromatic rings. The molecule has 0 aromatic heterocycles. The fourth-order valence-corrected chi connectivity index (χ4v) is 3.23. The van der Waals surface area contributed by atoms with E-state index >= 15 is 0 Å². The van der Waals surface area contributed by atoms with Gasteiger partial charge in [0.15, 0.2) is 5.75 Å². The van der Waals surface area contributed by atoms with E-state index in [1.807, 2.05) is 0 Å². The van der Waals surface area contributed by atoms with Crippen LogP contribution in [0.25, 0.3) is 0 Å². The summed E-state index contributed by atoms with van der Waals surface area (Å²) < 4.78 is 19.3. The van der Waals surface area contributed by atoms with Gasteiger partial charge in [-0.05, 0) is 42.0 Å². The van der Waals surface area contributed by atoms with Gasteiger partial charge < -0.3 is 15.2 Å². The summed E-state index contributed by atoms with van der Waals surface area (Å²) in [7, 11) is 0. The number of nitrogens with one attached hydrogen (secondary N) is 1. The third-order valence-corrected chi connectivity index (χ3v) is 4.56. The van der Waals surface area contributed by atoms with Crippen LogP contribution in [0.3, 0.4) is 0 Å². The van der Waals surface area contributed by atoms with Gasteiger partial charge in [-0.2, -0.15) is 0 Å². The SMILES string of the molecule is O=C(O)c1cccc(NCc2cc(Cl)c(OCc3ccccc3F)c(Cl)c2)c1. The fourth-order valence-electron chi connectivity index (χ4n) is 2.58. The zero-order chi connectivity index (χ0) is 20.1. The number of carbonyl (C=O) groups is 1. The van der Waals surface area contributed by atoms with Crippen molar-refractivity contribution in [3.8, 4) is 5.75 Å². The summed E-state index contributed by atoms with van der Waals surface area (Å²) >= 11 is 12.6. The molecule has 0 saturated heterocycles. The summed E-state index contributed by atoms with van der Waals surface area (Å²) in [6.07, 6.45) is 0. The van der Waals surface area contributed by atoms with Crippen LogP contribution in [0.1, 0.15) is 21.5 Å². The maximum absolute atomic E-state index is 13.7. The van der Waals surface area contributed by atoms with Crippen molar-refractivity contribution in [2.45, 2.75) is 13.2 Å². The van der Waals surface area contributed by atoms with Gasteiger partial charge in [-0.15, -0.1) is 0 Å². The summed E-state index contributed by atoms with van der Waals surface area (Å²) in [6.45, 7) is 0.391. The van der Waals surface area contributed by atoms with Crippen molar-refractivity contribution in [1.82, 2.24) is 0 Å². The molecule has 0 spiro atoms. The van der Waals surface area contributed by atoms with Crippen molar-refractivity contribution in [1.29, 1.82) is 0 Å². The number of hydrogen-bond acceptors (Lipinski definition) is 3. The van der Waals surface area contributed by atoms with Gasteiger partial charge in [0.25, 0.3) is 0 Å². The predicted molar refractivity (Wildman–Crippen MR) is 108 cm³/mol. The summed E-state index contributed by atoms with van der Waals surface area (Å²) in [4.78, 5) is 11.0. The Labute approximate surface area is 171 Å². The van der Waals surface area contributed by atoms with Crippen molar-refractivity contribution < 1.29 is 19.0 Å². The number of carboxylic acid groups (broad SMARTS) is 1. The smallest absolute Gasteiger partial charge is 0.335 e. The second-order valence-electron chi connectivity index (χ2n) is 6.01. The molecule has 0 aliphatic heterocycles. The summed E-state index contributed by atoms with van der Waals surface area (Å²) in [5.74, 6) is -1.08. The van der Waals surface area contributed by atoms with E-state index in [0.29, 0.717) is 27.8 Å². The molecule has 0 aliphatic carbocycles. The number of ether oxygens (including phenoxy) is 1. The topological polar surface area (TPSA) is 58.6 Å². The third-order valence-electron chi connectivity index (χ3n) is 3.99. The lowest BCUT2D eigenvalue weighted by atomic mass is 10.1. The molecule has 0 unspecified atom stereocenters. The number of anilines is 1. The predicted octanol–water partition coefficient (Wildman–Crippen LogP) is 6.02. The Kier molecular flexibility index (Phi) is 6.39. The van der Waals surface area contributed by atoms with Crippen LogP contribution < -0.4 is 10.1 Å². The molecule has 28 heavy (non-hydrogen) atoms. The zero-order valence-corrected chi connectivity index (χ0v) is 16.1. The van der Waals surface area contributed by atoms with Crippen molar-refractivity contribution >= 4 is 34.9 Å². The molecule has 0 fully saturated rings. The van der Waals surface area contributed by atoms with Gasteiger partial charge in [-0.3, -0.25) is 0 Å². The quantitative estimate of drug-likeness (QED) is 0.491. The first-order valence-electron chi connectivity index (χ1n) is 8.35. The van der Waals surface area contributed by atoms with Crippen LogP contribution >= 0.6 is 23.2 Å². The van der Waals surface area contributed by atoms with E-state index in [2.05, 4.69) is 5.32 Å². The molecule has 7 heteroatoms. The van der Waals surface area contributed by atoms with Gasteiger partial charge in [-0.25, -0.2) is 9.18 Å². The molecule has 144 valence electrons. The summed E-state index contributed by atoms with van der Waals surface area (Å²) in [5, 5.41) is 12.8. The van der Waals surface area contributed by atoms with E-state index in [-0.39, 0.29) is 23.7 Å². The molecule has 0 aliphatic rings. The van der Waals surface area contributed by atoms with Crippen LogP contribution in [-0.2, 0) is 13.2 Å². The Morgan fingerprint density at radius 3 is 2.43 bits per heavy atom. The number of halogens is 3. The summed E-state index contributed by atoms with van der Waals surface area (Å²) in [5.41, 5.74) is 2.04. The van der Waals surface area contributed by atoms with Crippen molar-refractivity contribution in [3.63, 3.8) is 0 Å². The van der Waals surface area contributed by atoms with Crippen LogP contribution in [0.5, 0.6) is 5.75 Å². The van der Waals surface area contributed by atoms with Crippen LogP contribution in [0, 0.1) is 5.82 Å². The largest absolute Gasteiger partial charge is 0.486 e. The van der Waals surface area contributed by atoms with Gasteiger partial charge >= 0.3 is 5.97 Å². The lowest BCUT2D eigenvalue weighted by Crippen LogP contribution is -2.03. The molecular weight excluding hydrogens is 404 g/mol. The van der Waals surface area contributed by atoms with E-state index in [0.717, 1.165) is 5.56 Å². The maximum Gasteiger partial charge on any atom is 0.335 e. The Hall–Kier alpha value is -2.76. The molecule has 3 rings (SSSR count). The molecule has 0 radical (unpaired) electrons. The van der Waals surface area contributed by atoms with E-state index in [1.54, 1.807) is 42.5 Å². The van der Waals surface area contributed by atoms with E-state index < -0.39 is 5.97 Å². The lowest BCUT2D eigenvalue weighted by Gasteiger charge is -2.13. The number of rotatable bonds is 7. The van der Waals surface area contributed by atoms with Gasteiger partial charge in [0.1, 0.15) is 12.4 Å². The van der Waals surface area contributed by atoms with E-state index in [1.165, 1.54) is 18.2 Å². The van der Waals surface area contributed by atoms with Gasteiger partial charge in [0.05, 0.1) is 15.6 Å². The Morgan fingerprint density at radius 1 is 1.04 bits per heavy atom. The van der Waals surface area contributed by atoms with Crippen LogP contribution in [0.15, 0.2) is 60.7 Å². The van der Waals surface area contributed by atoms with Crippen molar-refractivity contribution in [3.05, 3.63) is 93.2 Å². The molecule has 0 amide bonds.